The first-order valence-electron chi connectivity index (χ1n) is 14.1. The first-order chi connectivity index (χ1) is 21.1. The van der Waals surface area contributed by atoms with Gasteiger partial charge in [-0.3, -0.25) is 0 Å². The molecule has 1 amide bonds. The Balaban J connectivity index is 1.20. The van der Waals surface area contributed by atoms with Crippen LogP contribution in [0.4, 0.5) is 20.1 Å². The lowest BCUT2D eigenvalue weighted by Crippen LogP contribution is -2.41. The summed E-state index contributed by atoms with van der Waals surface area (Å²) in [5, 5.41) is 9.08. The van der Waals surface area contributed by atoms with Crippen LogP contribution in [-0.2, 0) is 4.74 Å². The van der Waals surface area contributed by atoms with Gasteiger partial charge in [0.25, 0.3) is 0 Å². The van der Waals surface area contributed by atoms with Crippen molar-refractivity contribution in [1.82, 2.24) is 33.8 Å². The monoisotopic (exact) mass is 634 g/mol. The zero-order valence-corrected chi connectivity index (χ0v) is 26.3. The highest BCUT2D eigenvalue weighted by atomic mass is 32.2. The van der Waals surface area contributed by atoms with E-state index < -0.39 is 5.60 Å². The van der Waals surface area contributed by atoms with Crippen molar-refractivity contribution in [3.63, 3.8) is 0 Å². The van der Waals surface area contributed by atoms with Crippen molar-refractivity contribution in [1.29, 1.82) is 0 Å². The number of carbonyl (C=O) groups excluding carboxylic acids is 1. The lowest BCUT2D eigenvalue weighted by Gasteiger charge is -2.32. The summed E-state index contributed by atoms with van der Waals surface area (Å²) in [7, 11) is 0. The highest BCUT2D eigenvalue weighted by molar-refractivity contribution is 7.99. The van der Waals surface area contributed by atoms with Crippen molar-refractivity contribution in [2.24, 2.45) is 0 Å². The third-order valence-corrected chi connectivity index (χ3v) is 8.33. The van der Waals surface area contributed by atoms with Gasteiger partial charge in [-0.1, -0.05) is 11.8 Å². The van der Waals surface area contributed by atoms with Crippen LogP contribution in [0.15, 0.2) is 64.8 Å². The van der Waals surface area contributed by atoms with E-state index in [1.54, 1.807) is 33.9 Å². The summed E-state index contributed by atoms with van der Waals surface area (Å²) in [4.78, 5) is 28.9. The van der Waals surface area contributed by atoms with Crippen LogP contribution in [0.2, 0.25) is 0 Å². The lowest BCUT2D eigenvalue weighted by molar-refractivity contribution is 0.0203. The van der Waals surface area contributed by atoms with Gasteiger partial charge in [0, 0.05) is 59.5 Å². The molecule has 1 aromatic carbocycles. The molecule has 0 spiro atoms. The number of anilines is 2. The van der Waals surface area contributed by atoms with E-state index in [0.717, 1.165) is 39.9 Å². The molecule has 1 aliphatic heterocycles. The fraction of sp³-hybridized carbons (Fsp3) is 0.333. The van der Waals surface area contributed by atoms with Gasteiger partial charge in [-0.05, 0) is 70.9 Å². The molecule has 0 radical (unpaired) electrons. The second-order valence-corrected chi connectivity index (χ2v) is 13.2. The molecule has 5 aromatic rings. The second kappa shape index (κ2) is 12.4. The molecule has 11 nitrogen and oxygen atoms in total. The molecule has 1 fully saturated rings. The topological polar surface area (TPSA) is 120 Å². The van der Waals surface area contributed by atoms with Crippen molar-refractivity contribution in [3.8, 4) is 11.5 Å². The third kappa shape index (κ3) is 7.08. The van der Waals surface area contributed by atoms with Crippen molar-refractivity contribution in [2.75, 3.05) is 18.4 Å². The quantitative estimate of drug-likeness (QED) is 0.184. The average Bonchev–Trinajstić information content (AvgIpc) is 3.65. The SMILES string of the molecule is Cc1cc(Sc2cnc(Nc3nc(C4CCN(C(=O)OC(C)(C)C)CC4)ns3)c(Oc3ccc(F)cc3)c2)n2nccc2n1. The lowest BCUT2D eigenvalue weighted by atomic mass is 9.96. The van der Waals surface area contributed by atoms with Gasteiger partial charge in [-0.25, -0.2) is 28.7 Å². The van der Waals surface area contributed by atoms with Crippen LogP contribution < -0.4 is 10.1 Å². The molecule has 1 N–H and O–H groups in total. The van der Waals surface area contributed by atoms with E-state index in [1.807, 2.05) is 45.9 Å². The van der Waals surface area contributed by atoms with Crippen molar-refractivity contribution >= 4 is 46.0 Å². The molecule has 14 heteroatoms. The highest BCUT2D eigenvalue weighted by Crippen LogP contribution is 2.37. The summed E-state index contributed by atoms with van der Waals surface area (Å²) < 4.78 is 31.6. The van der Waals surface area contributed by atoms with Crippen molar-refractivity contribution in [2.45, 2.75) is 62.0 Å². The molecule has 4 aromatic heterocycles. The fourth-order valence-corrected chi connectivity index (χ4v) is 6.30. The van der Waals surface area contributed by atoms with Gasteiger partial charge in [0.15, 0.2) is 17.2 Å². The van der Waals surface area contributed by atoms with E-state index in [0.29, 0.717) is 35.5 Å². The Morgan fingerprint density at radius 3 is 2.64 bits per heavy atom. The minimum atomic E-state index is -0.528. The Morgan fingerprint density at radius 1 is 1.11 bits per heavy atom. The van der Waals surface area contributed by atoms with Gasteiger partial charge >= 0.3 is 6.09 Å². The normalized spacial score (nSPS) is 14.2. The molecule has 0 aliphatic carbocycles. The second-order valence-electron chi connectivity index (χ2n) is 11.3. The van der Waals surface area contributed by atoms with Crippen LogP contribution in [0.1, 0.15) is 51.0 Å². The molecule has 0 bridgehead atoms. The Hall–Kier alpha value is -4.30. The molecular weight excluding hydrogens is 604 g/mol. The van der Waals surface area contributed by atoms with Gasteiger partial charge in [0.1, 0.15) is 28.0 Å². The number of fused-ring (bicyclic) bond motifs is 1. The summed E-state index contributed by atoms with van der Waals surface area (Å²) in [5.41, 5.74) is 1.10. The molecule has 5 heterocycles. The predicted octanol–water partition coefficient (Wildman–Crippen LogP) is 7.22. The van der Waals surface area contributed by atoms with E-state index in [4.69, 9.17) is 14.5 Å². The standard InChI is InChI=1S/C30H31FN8O3S2/c1-18-15-25(39-24(34-18)9-12-33-39)43-22-16-23(41-21-7-5-20(31)6-8-21)27(32-17-22)36-28-35-26(37-44-28)19-10-13-38(14-11-19)29(40)42-30(2,3)4/h5-9,12,15-17,19H,10-11,13-14H2,1-4H3,(H,32,35,36,37). The zero-order chi connectivity index (χ0) is 30.8. The van der Waals surface area contributed by atoms with E-state index in [-0.39, 0.29) is 17.8 Å². The number of nitrogens with zero attached hydrogens (tertiary/aromatic N) is 7. The van der Waals surface area contributed by atoms with Crippen molar-refractivity contribution in [3.05, 3.63) is 72.2 Å². The maximum absolute atomic E-state index is 13.6. The minimum absolute atomic E-state index is 0.130. The number of rotatable bonds is 7. The molecule has 6 rings (SSSR count). The summed E-state index contributed by atoms with van der Waals surface area (Å²) in [6.07, 6.45) is 4.65. The Bertz CT molecular complexity index is 1780. The number of halogens is 1. The number of likely N-dealkylation sites (tertiary alicyclic amines) is 1. The molecule has 0 saturated carbocycles. The average molecular weight is 635 g/mol. The number of aromatic nitrogens is 6. The third-order valence-electron chi connectivity index (χ3n) is 6.73. The molecule has 44 heavy (non-hydrogen) atoms. The minimum Gasteiger partial charge on any atom is -0.453 e. The number of ether oxygens (including phenoxy) is 2. The Kier molecular flexibility index (Phi) is 8.36. The molecule has 0 unspecified atom stereocenters. The number of benzene rings is 1. The van der Waals surface area contributed by atoms with Crippen LogP contribution in [0, 0.1) is 12.7 Å². The number of carbonyl (C=O) groups is 1. The van der Waals surface area contributed by atoms with E-state index in [1.165, 1.54) is 35.4 Å². The first-order valence-corrected chi connectivity index (χ1v) is 15.7. The van der Waals surface area contributed by atoms with Gasteiger partial charge in [-0.15, -0.1) is 0 Å². The number of piperidine rings is 1. The summed E-state index contributed by atoms with van der Waals surface area (Å²) in [5.74, 6) is 1.84. The van der Waals surface area contributed by atoms with Gasteiger partial charge in [0.05, 0.1) is 6.20 Å². The predicted molar refractivity (Wildman–Crippen MR) is 166 cm³/mol. The van der Waals surface area contributed by atoms with Crippen LogP contribution in [0.25, 0.3) is 5.65 Å². The van der Waals surface area contributed by atoms with Crippen LogP contribution >= 0.6 is 23.3 Å². The van der Waals surface area contributed by atoms with Crippen LogP contribution in [0.5, 0.6) is 11.5 Å². The largest absolute Gasteiger partial charge is 0.453 e. The fourth-order valence-electron chi connectivity index (χ4n) is 4.68. The molecule has 0 atom stereocenters. The summed E-state index contributed by atoms with van der Waals surface area (Å²) in [6, 6.07) is 11.5. The number of hydrogen-bond acceptors (Lipinski definition) is 11. The molecule has 1 aliphatic rings. The zero-order valence-electron chi connectivity index (χ0n) is 24.7. The maximum atomic E-state index is 13.6. The molecular formula is C30H31FN8O3S2. The number of hydrogen-bond donors (Lipinski definition) is 1. The number of pyridine rings is 1. The van der Waals surface area contributed by atoms with Crippen LogP contribution in [-0.4, -0.2) is 58.6 Å². The summed E-state index contributed by atoms with van der Waals surface area (Å²) in [6.45, 7) is 8.69. The van der Waals surface area contributed by atoms with Gasteiger partial charge in [0.2, 0.25) is 5.13 Å². The number of amides is 1. The Labute approximate surface area is 262 Å². The van der Waals surface area contributed by atoms with Gasteiger partial charge < -0.3 is 19.7 Å². The first kappa shape index (κ1) is 29.8. The van der Waals surface area contributed by atoms with Gasteiger partial charge in [-0.2, -0.15) is 9.47 Å². The number of aryl methyl sites for hydroxylation is 1. The maximum Gasteiger partial charge on any atom is 0.410 e. The number of nitrogens with one attached hydrogen (secondary N) is 1. The van der Waals surface area contributed by atoms with Crippen molar-refractivity contribution < 1.29 is 18.7 Å². The van der Waals surface area contributed by atoms with E-state index >= 15 is 0 Å². The molecule has 1 saturated heterocycles. The highest BCUT2D eigenvalue weighted by Gasteiger charge is 2.29. The van der Waals surface area contributed by atoms with Crippen LogP contribution in [0.3, 0.4) is 0 Å². The smallest absolute Gasteiger partial charge is 0.410 e. The summed E-state index contributed by atoms with van der Waals surface area (Å²) >= 11 is 2.71. The Morgan fingerprint density at radius 2 is 1.89 bits per heavy atom. The van der Waals surface area contributed by atoms with E-state index in [2.05, 4.69) is 24.8 Å². The van der Waals surface area contributed by atoms with E-state index in [9.17, 15) is 9.18 Å². The molecule has 228 valence electrons.